The van der Waals surface area contributed by atoms with Crippen LogP contribution < -0.4 is 4.74 Å². The van der Waals surface area contributed by atoms with E-state index in [2.05, 4.69) is 0 Å². The number of carbonyl (C=O) groups excluding carboxylic acids is 2. The maximum atomic E-state index is 13.5. The van der Waals surface area contributed by atoms with Crippen LogP contribution in [0.5, 0.6) is 5.75 Å². The van der Waals surface area contributed by atoms with Gasteiger partial charge in [-0.25, -0.2) is 4.39 Å². The smallest absolute Gasteiger partial charge is 0.256 e. The van der Waals surface area contributed by atoms with Gasteiger partial charge < -0.3 is 19.6 Å². The first-order valence-electron chi connectivity index (χ1n) is 7.94. The van der Waals surface area contributed by atoms with Crippen LogP contribution in [-0.2, 0) is 9.59 Å². The van der Waals surface area contributed by atoms with Crippen molar-refractivity contribution in [3.05, 3.63) is 30.1 Å². The molecule has 1 saturated heterocycles. The molecule has 2 amide bonds. The number of amides is 2. The van der Waals surface area contributed by atoms with Crippen molar-refractivity contribution in [3.63, 3.8) is 0 Å². The number of ether oxygens (including phenoxy) is 1. The quantitative estimate of drug-likeness (QED) is 0.871. The SMILES string of the molecule is CC(=O)N1CCC[C@](O)(C(=O)N(C)CCOc2ccccc2F)C1. The highest BCUT2D eigenvalue weighted by Crippen LogP contribution is 2.23. The number of hydrogen-bond donors (Lipinski definition) is 1. The molecule has 24 heavy (non-hydrogen) atoms. The number of nitrogens with zero attached hydrogens (tertiary/aromatic N) is 2. The van der Waals surface area contributed by atoms with Crippen molar-refractivity contribution in [2.45, 2.75) is 25.4 Å². The normalized spacial score (nSPS) is 20.6. The van der Waals surface area contributed by atoms with Crippen LogP contribution in [0.25, 0.3) is 0 Å². The highest BCUT2D eigenvalue weighted by molar-refractivity contribution is 5.86. The zero-order chi connectivity index (χ0) is 17.7. The van der Waals surface area contributed by atoms with Crippen molar-refractivity contribution in [1.82, 2.24) is 9.80 Å². The lowest BCUT2D eigenvalue weighted by molar-refractivity contribution is -0.159. The third-order valence-electron chi connectivity index (χ3n) is 4.18. The third kappa shape index (κ3) is 4.23. The summed E-state index contributed by atoms with van der Waals surface area (Å²) < 4.78 is 18.8. The largest absolute Gasteiger partial charge is 0.489 e. The Labute approximate surface area is 140 Å². The van der Waals surface area contributed by atoms with Gasteiger partial charge in [0.05, 0.1) is 13.1 Å². The van der Waals surface area contributed by atoms with Gasteiger partial charge >= 0.3 is 0 Å². The van der Waals surface area contributed by atoms with Crippen molar-refractivity contribution >= 4 is 11.8 Å². The Kier molecular flexibility index (Phi) is 5.77. The van der Waals surface area contributed by atoms with Crippen molar-refractivity contribution in [1.29, 1.82) is 0 Å². The fourth-order valence-electron chi connectivity index (χ4n) is 2.79. The number of likely N-dealkylation sites (N-methyl/N-ethyl adjacent to an activating group) is 1. The molecule has 0 bridgehead atoms. The van der Waals surface area contributed by atoms with Gasteiger partial charge in [0.25, 0.3) is 5.91 Å². The maximum Gasteiger partial charge on any atom is 0.256 e. The number of carbonyl (C=O) groups is 2. The van der Waals surface area contributed by atoms with E-state index >= 15 is 0 Å². The molecule has 1 heterocycles. The summed E-state index contributed by atoms with van der Waals surface area (Å²) in [5.41, 5.74) is -1.57. The van der Waals surface area contributed by atoms with Crippen LogP contribution in [0, 0.1) is 5.82 Å². The summed E-state index contributed by atoms with van der Waals surface area (Å²) in [4.78, 5) is 26.8. The molecular weight excluding hydrogens is 315 g/mol. The first kappa shape index (κ1) is 18.2. The van der Waals surface area contributed by atoms with E-state index in [0.29, 0.717) is 19.4 Å². The summed E-state index contributed by atoms with van der Waals surface area (Å²) in [5, 5.41) is 10.6. The predicted octanol–water partition coefficient (Wildman–Crippen LogP) is 1.04. The van der Waals surface area contributed by atoms with Gasteiger partial charge in [0.1, 0.15) is 6.61 Å². The summed E-state index contributed by atoms with van der Waals surface area (Å²) in [6.07, 6.45) is 0.884. The second-order valence-corrected chi connectivity index (χ2v) is 6.08. The summed E-state index contributed by atoms with van der Waals surface area (Å²) in [6, 6.07) is 6.04. The van der Waals surface area contributed by atoms with Crippen LogP contribution in [0.1, 0.15) is 19.8 Å². The lowest BCUT2D eigenvalue weighted by Gasteiger charge is -2.39. The molecule has 0 spiro atoms. The zero-order valence-corrected chi connectivity index (χ0v) is 14.0. The highest BCUT2D eigenvalue weighted by Gasteiger charge is 2.42. The van der Waals surface area contributed by atoms with Gasteiger partial charge in [0.15, 0.2) is 17.2 Å². The number of benzene rings is 1. The summed E-state index contributed by atoms with van der Waals surface area (Å²) >= 11 is 0. The number of likely N-dealkylation sites (tertiary alicyclic amines) is 1. The molecule has 1 aliphatic rings. The molecule has 132 valence electrons. The Bertz CT molecular complexity index is 610. The Balaban J connectivity index is 1.89. The zero-order valence-electron chi connectivity index (χ0n) is 14.0. The third-order valence-corrected chi connectivity index (χ3v) is 4.18. The van der Waals surface area contributed by atoms with E-state index in [-0.39, 0.29) is 31.4 Å². The van der Waals surface area contributed by atoms with Crippen molar-refractivity contribution in [3.8, 4) is 5.75 Å². The average Bonchev–Trinajstić information content (AvgIpc) is 2.55. The van der Waals surface area contributed by atoms with Gasteiger partial charge in [-0.3, -0.25) is 9.59 Å². The van der Waals surface area contributed by atoms with Gasteiger partial charge in [-0.05, 0) is 25.0 Å². The van der Waals surface area contributed by atoms with Gasteiger partial charge in [-0.2, -0.15) is 0 Å². The Hall–Kier alpha value is -2.15. The van der Waals surface area contributed by atoms with E-state index in [9.17, 15) is 19.1 Å². The molecule has 1 fully saturated rings. The number of hydrogen-bond acceptors (Lipinski definition) is 4. The molecule has 1 aromatic rings. The van der Waals surface area contributed by atoms with Crippen LogP contribution in [0.4, 0.5) is 4.39 Å². The molecule has 7 heteroatoms. The minimum Gasteiger partial charge on any atom is -0.489 e. The fourth-order valence-corrected chi connectivity index (χ4v) is 2.79. The van der Waals surface area contributed by atoms with Crippen molar-refractivity contribution in [2.24, 2.45) is 0 Å². The summed E-state index contributed by atoms with van der Waals surface area (Å²) in [6.45, 7) is 2.28. The van der Waals surface area contributed by atoms with E-state index in [4.69, 9.17) is 4.74 Å². The van der Waals surface area contributed by atoms with Gasteiger partial charge in [-0.1, -0.05) is 12.1 Å². The molecule has 0 radical (unpaired) electrons. The van der Waals surface area contributed by atoms with Crippen LogP contribution in [0.2, 0.25) is 0 Å². The average molecular weight is 338 g/mol. The van der Waals surface area contributed by atoms with E-state index in [1.54, 1.807) is 19.2 Å². The Morgan fingerprint density at radius 2 is 2.12 bits per heavy atom. The molecule has 1 N–H and O–H groups in total. The number of rotatable bonds is 5. The minimum atomic E-state index is -1.57. The number of β-amino-alcohol motifs (C(OH)–C–C–N with tert-alkyl or cyclic N) is 1. The number of aliphatic hydroxyl groups is 1. The first-order valence-corrected chi connectivity index (χ1v) is 7.94. The molecule has 6 nitrogen and oxygen atoms in total. The monoisotopic (exact) mass is 338 g/mol. The Morgan fingerprint density at radius 1 is 1.42 bits per heavy atom. The van der Waals surface area contributed by atoms with Crippen LogP contribution >= 0.6 is 0 Å². The van der Waals surface area contributed by atoms with E-state index in [1.807, 2.05) is 0 Å². The fraction of sp³-hybridized carbons (Fsp3) is 0.529. The molecular formula is C17H23FN2O4. The first-order chi connectivity index (χ1) is 11.3. The summed E-state index contributed by atoms with van der Waals surface area (Å²) in [7, 11) is 1.55. The number of piperidine rings is 1. The van der Waals surface area contributed by atoms with Gasteiger partial charge in [0.2, 0.25) is 5.91 Å². The molecule has 0 unspecified atom stereocenters. The van der Waals surface area contributed by atoms with Gasteiger partial charge in [-0.15, -0.1) is 0 Å². The number of para-hydroxylation sites is 1. The maximum absolute atomic E-state index is 13.5. The van der Waals surface area contributed by atoms with Crippen LogP contribution in [0.15, 0.2) is 24.3 Å². The minimum absolute atomic E-state index is 0.000320. The van der Waals surface area contributed by atoms with Crippen molar-refractivity contribution < 1.29 is 23.8 Å². The molecule has 0 aliphatic carbocycles. The van der Waals surface area contributed by atoms with Gasteiger partial charge in [0, 0.05) is 20.5 Å². The lowest BCUT2D eigenvalue weighted by atomic mass is 9.91. The molecule has 0 aromatic heterocycles. The van der Waals surface area contributed by atoms with E-state index in [0.717, 1.165) is 0 Å². The molecule has 1 aliphatic heterocycles. The topological polar surface area (TPSA) is 70.1 Å². The molecule has 1 atom stereocenters. The second kappa shape index (κ2) is 7.61. The predicted molar refractivity (Wildman–Crippen MR) is 86.0 cm³/mol. The second-order valence-electron chi connectivity index (χ2n) is 6.08. The Morgan fingerprint density at radius 3 is 2.79 bits per heavy atom. The lowest BCUT2D eigenvalue weighted by Crippen LogP contribution is -2.58. The molecule has 1 aromatic carbocycles. The number of halogens is 1. The van der Waals surface area contributed by atoms with E-state index < -0.39 is 17.3 Å². The van der Waals surface area contributed by atoms with Crippen LogP contribution in [0.3, 0.4) is 0 Å². The summed E-state index contributed by atoms with van der Waals surface area (Å²) in [5.74, 6) is -0.955. The van der Waals surface area contributed by atoms with Crippen LogP contribution in [-0.4, -0.2) is 65.6 Å². The standard InChI is InChI=1S/C17H23FN2O4/c1-13(21)20-9-5-8-17(23,12-20)16(22)19(2)10-11-24-15-7-4-3-6-14(15)18/h3-4,6-7,23H,5,8-12H2,1-2H3/t17-/m1/s1. The van der Waals surface area contributed by atoms with Crippen molar-refractivity contribution in [2.75, 3.05) is 33.3 Å². The highest BCUT2D eigenvalue weighted by atomic mass is 19.1. The molecule has 2 rings (SSSR count). The van der Waals surface area contributed by atoms with E-state index in [1.165, 1.54) is 28.9 Å². The molecule has 0 saturated carbocycles.